The molecule has 15 heavy (non-hydrogen) atoms. The van der Waals surface area contributed by atoms with Gasteiger partial charge in [-0.2, -0.15) is 0 Å². The molecule has 0 aliphatic heterocycles. The molecule has 0 amide bonds. The lowest BCUT2D eigenvalue weighted by molar-refractivity contribution is -0.143. The van der Waals surface area contributed by atoms with E-state index >= 15 is 0 Å². The Hall–Kier alpha value is -1.35. The molecule has 1 aliphatic rings. The van der Waals surface area contributed by atoms with Crippen molar-refractivity contribution < 1.29 is 9.90 Å². The lowest BCUT2D eigenvalue weighted by Crippen LogP contribution is -2.33. The fraction of sp³-hybridized carbons (Fsp3) is 0.417. The van der Waals surface area contributed by atoms with Crippen LogP contribution in [0.4, 0.5) is 0 Å². The zero-order valence-corrected chi connectivity index (χ0v) is 8.68. The average Bonchev–Trinajstić information content (AvgIpc) is 2.23. The van der Waals surface area contributed by atoms with E-state index in [4.69, 9.17) is 10.8 Å². The summed E-state index contributed by atoms with van der Waals surface area (Å²) in [6.07, 6.45) is 0.632. The van der Waals surface area contributed by atoms with Crippen molar-refractivity contribution in [2.75, 3.05) is 0 Å². The molecule has 0 bridgehead atoms. The van der Waals surface area contributed by atoms with Crippen molar-refractivity contribution in [3.8, 4) is 0 Å². The number of hydrogen-bond donors (Lipinski definition) is 2. The minimum absolute atomic E-state index is 0.280. The Kier molecular flexibility index (Phi) is 2.49. The normalized spacial score (nSPS) is 29.6. The molecule has 1 aromatic rings. The minimum Gasteiger partial charge on any atom is -0.481 e. The van der Waals surface area contributed by atoms with E-state index in [0.29, 0.717) is 6.42 Å². The summed E-state index contributed by atoms with van der Waals surface area (Å²) >= 11 is 0. The second-order valence-electron chi connectivity index (χ2n) is 4.24. The van der Waals surface area contributed by atoms with E-state index in [1.165, 1.54) is 5.56 Å². The molecule has 1 aliphatic carbocycles. The van der Waals surface area contributed by atoms with Crippen molar-refractivity contribution in [1.29, 1.82) is 0 Å². The number of hydrogen-bond acceptors (Lipinski definition) is 2. The van der Waals surface area contributed by atoms with Gasteiger partial charge in [0.15, 0.2) is 0 Å². The smallest absolute Gasteiger partial charge is 0.308 e. The van der Waals surface area contributed by atoms with E-state index in [0.717, 1.165) is 5.56 Å². The van der Waals surface area contributed by atoms with Crippen LogP contribution in [0, 0.1) is 5.92 Å². The molecule has 1 aromatic carbocycles. The first-order chi connectivity index (χ1) is 7.11. The molecule has 80 valence electrons. The standard InChI is InChI=1S/C12H15NO2/c1-7-6-10(12(14)15)11(13)9-5-3-2-4-8(7)9/h2-5,7,10-11H,6,13H2,1H3,(H,14,15). The van der Waals surface area contributed by atoms with Gasteiger partial charge in [-0.05, 0) is 23.5 Å². The van der Waals surface area contributed by atoms with Crippen molar-refractivity contribution in [3.63, 3.8) is 0 Å². The first-order valence-corrected chi connectivity index (χ1v) is 5.18. The quantitative estimate of drug-likeness (QED) is 0.736. The topological polar surface area (TPSA) is 63.3 Å². The number of carboxylic acid groups (broad SMARTS) is 1. The van der Waals surface area contributed by atoms with E-state index in [1.807, 2.05) is 24.3 Å². The van der Waals surface area contributed by atoms with Gasteiger partial charge < -0.3 is 10.8 Å². The maximum Gasteiger partial charge on any atom is 0.308 e. The summed E-state index contributed by atoms with van der Waals surface area (Å²) < 4.78 is 0. The van der Waals surface area contributed by atoms with E-state index in [9.17, 15) is 4.79 Å². The van der Waals surface area contributed by atoms with Crippen molar-refractivity contribution >= 4 is 5.97 Å². The van der Waals surface area contributed by atoms with Crippen LogP contribution in [0.2, 0.25) is 0 Å². The number of aliphatic carboxylic acids is 1. The summed E-state index contributed by atoms with van der Waals surface area (Å²) in [5.74, 6) is -0.958. The molecule has 0 spiro atoms. The molecule has 3 heteroatoms. The summed E-state index contributed by atoms with van der Waals surface area (Å²) in [5.41, 5.74) is 8.16. The Balaban J connectivity index is 2.44. The van der Waals surface area contributed by atoms with Crippen LogP contribution < -0.4 is 5.73 Å². The fourth-order valence-electron chi connectivity index (χ4n) is 2.39. The Labute approximate surface area is 88.9 Å². The van der Waals surface area contributed by atoms with Gasteiger partial charge in [0.05, 0.1) is 5.92 Å². The highest BCUT2D eigenvalue weighted by Gasteiger charge is 2.34. The molecule has 2 rings (SSSR count). The van der Waals surface area contributed by atoms with Gasteiger partial charge in [0, 0.05) is 6.04 Å². The maximum atomic E-state index is 11.0. The molecule has 0 saturated carbocycles. The van der Waals surface area contributed by atoms with Gasteiger partial charge in [0.2, 0.25) is 0 Å². The Morgan fingerprint density at radius 2 is 2.00 bits per heavy atom. The molecule has 0 heterocycles. The van der Waals surface area contributed by atoms with Crippen LogP contribution in [0.1, 0.15) is 36.4 Å². The predicted octanol–water partition coefficient (Wildman–Crippen LogP) is 1.89. The van der Waals surface area contributed by atoms with Gasteiger partial charge >= 0.3 is 5.97 Å². The van der Waals surface area contributed by atoms with Crippen LogP contribution in [0.15, 0.2) is 24.3 Å². The van der Waals surface area contributed by atoms with Crippen molar-refractivity contribution in [2.24, 2.45) is 11.7 Å². The van der Waals surface area contributed by atoms with Gasteiger partial charge in [0.1, 0.15) is 0 Å². The molecular weight excluding hydrogens is 190 g/mol. The number of carboxylic acids is 1. The van der Waals surface area contributed by atoms with Gasteiger partial charge in [-0.1, -0.05) is 31.2 Å². The SMILES string of the molecule is CC1CC(C(=O)O)C(N)c2ccccc21. The van der Waals surface area contributed by atoms with E-state index in [-0.39, 0.29) is 12.0 Å². The van der Waals surface area contributed by atoms with Crippen LogP contribution >= 0.6 is 0 Å². The monoisotopic (exact) mass is 205 g/mol. The highest BCUT2D eigenvalue weighted by atomic mass is 16.4. The Bertz CT molecular complexity index is 389. The van der Waals surface area contributed by atoms with Crippen LogP contribution in [-0.2, 0) is 4.79 Å². The highest BCUT2D eigenvalue weighted by molar-refractivity contribution is 5.72. The van der Waals surface area contributed by atoms with E-state index < -0.39 is 11.9 Å². The van der Waals surface area contributed by atoms with Crippen LogP contribution in [0.25, 0.3) is 0 Å². The molecule has 3 nitrogen and oxygen atoms in total. The van der Waals surface area contributed by atoms with E-state index in [2.05, 4.69) is 6.92 Å². The Morgan fingerprint density at radius 1 is 1.40 bits per heavy atom. The number of carbonyl (C=O) groups is 1. The first-order valence-electron chi connectivity index (χ1n) is 5.18. The lowest BCUT2D eigenvalue weighted by atomic mass is 9.75. The zero-order valence-electron chi connectivity index (χ0n) is 8.68. The summed E-state index contributed by atoms with van der Waals surface area (Å²) in [5, 5.41) is 9.07. The molecule has 3 unspecified atom stereocenters. The highest BCUT2D eigenvalue weighted by Crippen LogP contribution is 2.39. The third-order valence-corrected chi connectivity index (χ3v) is 3.24. The number of nitrogens with two attached hydrogens (primary N) is 1. The predicted molar refractivity (Wildman–Crippen MR) is 57.5 cm³/mol. The first kappa shape index (κ1) is 10.2. The third-order valence-electron chi connectivity index (χ3n) is 3.24. The zero-order chi connectivity index (χ0) is 11.0. The van der Waals surface area contributed by atoms with E-state index in [1.54, 1.807) is 0 Å². The van der Waals surface area contributed by atoms with Crippen molar-refractivity contribution in [1.82, 2.24) is 0 Å². The maximum absolute atomic E-state index is 11.0. The fourth-order valence-corrected chi connectivity index (χ4v) is 2.39. The number of rotatable bonds is 1. The molecule has 3 N–H and O–H groups in total. The lowest BCUT2D eigenvalue weighted by Gasteiger charge is -2.32. The van der Waals surface area contributed by atoms with Gasteiger partial charge in [-0.25, -0.2) is 0 Å². The van der Waals surface area contributed by atoms with Gasteiger partial charge in [-0.15, -0.1) is 0 Å². The third kappa shape index (κ3) is 1.63. The number of fused-ring (bicyclic) bond motifs is 1. The van der Waals surface area contributed by atoms with Crippen molar-refractivity contribution in [3.05, 3.63) is 35.4 Å². The second kappa shape index (κ2) is 3.66. The van der Waals surface area contributed by atoms with Crippen molar-refractivity contribution in [2.45, 2.75) is 25.3 Å². The van der Waals surface area contributed by atoms with Gasteiger partial charge in [0.25, 0.3) is 0 Å². The molecule has 0 radical (unpaired) electrons. The molecule has 0 fully saturated rings. The van der Waals surface area contributed by atoms with Gasteiger partial charge in [-0.3, -0.25) is 4.79 Å². The number of benzene rings is 1. The van der Waals surface area contributed by atoms with Crippen LogP contribution in [0.3, 0.4) is 0 Å². The minimum atomic E-state index is -0.788. The summed E-state index contributed by atoms with van der Waals surface area (Å²) in [4.78, 5) is 11.0. The summed E-state index contributed by atoms with van der Waals surface area (Å²) in [6, 6.07) is 7.50. The average molecular weight is 205 g/mol. The second-order valence-corrected chi connectivity index (χ2v) is 4.24. The molecule has 0 saturated heterocycles. The van der Waals surface area contributed by atoms with Crippen LogP contribution in [-0.4, -0.2) is 11.1 Å². The largest absolute Gasteiger partial charge is 0.481 e. The Morgan fingerprint density at radius 3 is 2.60 bits per heavy atom. The molecular formula is C12H15NO2. The van der Waals surface area contributed by atoms with Crippen LogP contribution in [0.5, 0.6) is 0 Å². The molecule has 0 aromatic heterocycles. The summed E-state index contributed by atoms with van der Waals surface area (Å²) in [6.45, 7) is 2.06. The summed E-state index contributed by atoms with van der Waals surface area (Å²) in [7, 11) is 0. The molecule has 3 atom stereocenters.